The minimum Gasteiger partial charge on any atom is -0.237 e. The van der Waals surface area contributed by atoms with Crippen LogP contribution in [0.15, 0.2) is 24.3 Å². The van der Waals surface area contributed by atoms with E-state index >= 15 is 0 Å². The smallest absolute Gasteiger partial charge is 0.0678 e. The molecule has 0 amide bonds. The van der Waals surface area contributed by atoms with E-state index < -0.39 is 0 Å². The summed E-state index contributed by atoms with van der Waals surface area (Å²) in [4.78, 5) is 0. The van der Waals surface area contributed by atoms with Crippen molar-refractivity contribution in [1.82, 2.24) is 9.78 Å². The van der Waals surface area contributed by atoms with Crippen LogP contribution >= 0.6 is 0 Å². The Morgan fingerprint density at radius 1 is 1.06 bits per heavy atom. The maximum absolute atomic E-state index is 4.68. The van der Waals surface area contributed by atoms with Crippen LogP contribution in [0.5, 0.6) is 0 Å². The normalized spacial score (nSPS) is 10.8. The van der Waals surface area contributed by atoms with E-state index in [1.807, 2.05) is 0 Å². The first-order chi connectivity index (χ1) is 8.15. The fourth-order valence-corrected chi connectivity index (χ4v) is 2.15. The largest absolute Gasteiger partial charge is 0.237 e. The number of hydrogen-bond donors (Lipinski definition) is 0. The van der Waals surface area contributed by atoms with Gasteiger partial charge in [0.2, 0.25) is 0 Å². The molecule has 0 bridgehead atoms. The van der Waals surface area contributed by atoms with Gasteiger partial charge in [-0.2, -0.15) is 5.10 Å². The summed E-state index contributed by atoms with van der Waals surface area (Å²) in [6.45, 7) is 8.59. The molecule has 0 N–H and O–H groups in total. The summed E-state index contributed by atoms with van der Waals surface area (Å²) in [5.74, 6) is 0. The van der Waals surface area contributed by atoms with Gasteiger partial charge in [-0.3, -0.25) is 0 Å². The molecule has 0 fully saturated rings. The second kappa shape index (κ2) is 4.74. The lowest BCUT2D eigenvalue weighted by Gasteiger charge is -2.09. The van der Waals surface area contributed by atoms with Gasteiger partial charge >= 0.3 is 0 Å². The minimum absolute atomic E-state index is 0.991. The van der Waals surface area contributed by atoms with Crippen LogP contribution in [0.1, 0.15) is 36.4 Å². The van der Waals surface area contributed by atoms with Gasteiger partial charge in [0.25, 0.3) is 0 Å². The second-order valence-corrected chi connectivity index (χ2v) is 4.54. The van der Waals surface area contributed by atoms with E-state index in [0.717, 1.165) is 12.8 Å². The highest BCUT2D eigenvalue weighted by Crippen LogP contribution is 2.18. The second-order valence-electron chi connectivity index (χ2n) is 4.54. The first-order valence-corrected chi connectivity index (χ1v) is 6.31. The third-order valence-corrected chi connectivity index (χ3v) is 3.14. The van der Waals surface area contributed by atoms with Crippen LogP contribution in [0.2, 0.25) is 0 Å². The Bertz CT molecular complexity index is 524. The van der Waals surface area contributed by atoms with E-state index in [1.165, 1.54) is 28.2 Å². The first kappa shape index (κ1) is 11.9. The Labute approximate surface area is 103 Å². The van der Waals surface area contributed by atoms with E-state index in [-0.39, 0.29) is 0 Å². The van der Waals surface area contributed by atoms with Crippen LogP contribution in [0.25, 0.3) is 5.69 Å². The summed E-state index contributed by atoms with van der Waals surface area (Å²) in [5.41, 5.74) is 6.24. The van der Waals surface area contributed by atoms with E-state index in [0.29, 0.717) is 0 Å². The summed E-state index contributed by atoms with van der Waals surface area (Å²) in [6.07, 6.45) is 2.01. The van der Waals surface area contributed by atoms with Crippen molar-refractivity contribution in [1.29, 1.82) is 0 Å². The fourth-order valence-electron chi connectivity index (χ4n) is 2.15. The van der Waals surface area contributed by atoms with Crippen molar-refractivity contribution >= 4 is 0 Å². The summed E-state index contributed by atoms with van der Waals surface area (Å²) >= 11 is 0. The SMILES string of the molecule is CCc1cc(CC)n(-c2ccc(C)cc2C)n1. The molecule has 0 atom stereocenters. The molecule has 2 rings (SSSR count). The Morgan fingerprint density at radius 2 is 1.82 bits per heavy atom. The molecule has 0 saturated carbocycles. The quantitative estimate of drug-likeness (QED) is 0.784. The molecule has 17 heavy (non-hydrogen) atoms. The highest BCUT2D eigenvalue weighted by atomic mass is 15.3. The molecular formula is C15H20N2. The standard InChI is InChI=1S/C15H20N2/c1-5-13-10-14(6-2)17(16-13)15-8-7-11(3)9-12(15)4/h7-10H,5-6H2,1-4H3. The number of aromatic nitrogens is 2. The maximum Gasteiger partial charge on any atom is 0.0678 e. The monoisotopic (exact) mass is 228 g/mol. The van der Waals surface area contributed by atoms with Crippen molar-refractivity contribution in [3.8, 4) is 5.69 Å². The zero-order valence-corrected chi connectivity index (χ0v) is 11.1. The van der Waals surface area contributed by atoms with E-state index in [1.54, 1.807) is 0 Å². The fraction of sp³-hybridized carbons (Fsp3) is 0.400. The van der Waals surface area contributed by atoms with Crippen molar-refractivity contribution in [2.45, 2.75) is 40.5 Å². The van der Waals surface area contributed by atoms with Crippen molar-refractivity contribution in [2.24, 2.45) is 0 Å². The van der Waals surface area contributed by atoms with Gasteiger partial charge in [0, 0.05) is 5.69 Å². The molecular weight excluding hydrogens is 208 g/mol. The van der Waals surface area contributed by atoms with Crippen LogP contribution in [-0.4, -0.2) is 9.78 Å². The molecule has 0 saturated heterocycles. The molecule has 0 unspecified atom stereocenters. The molecule has 2 heteroatoms. The first-order valence-electron chi connectivity index (χ1n) is 6.31. The number of aryl methyl sites for hydroxylation is 4. The molecule has 0 aliphatic carbocycles. The van der Waals surface area contributed by atoms with Crippen molar-refractivity contribution in [3.63, 3.8) is 0 Å². The Balaban J connectivity index is 2.55. The molecule has 1 aromatic carbocycles. The molecule has 90 valence electrons. The minimum atomic E-state index is 0.991. The summed E-state index contributed by atoms with van der Waals surface area (Å²) in [7, 11) is 0. The number of rotatable bonds is 3. The van der Waals surface area contributed by atoms with Crippen molar-refractivity contribution in [2.75, 3.05) is 0 Å². The van der Waals surface area contributed by atoms with Crippen LogP contribution < -0.4 is 0 Å². The van der Waals surface area contributed by atoms with Crippen molar-refractivity contribution < 1.29 is 0 Å². The van der Waals surface area contributed by atoms with Gasteiger partial charge < -0.3 is 0 Å². The van der Waals surface area contributed by atoms with Crippen LogP contribution in [0, 0.1) is 13.8 Å². The van der Waals surface area contributed by atoms with E-state index in [4.69, 9.17) is 0 Å². The number of hydrogen-bond acceptors (Lipinski definition) is 1. The average molecular weight is 228 g/mol. The van der Waals surface area contributed by atoms with Gasteiger partial charge in [-0.05, 0) is 44.4 Å². The third kappa shape index (κ3) is 2.26. The van der Waals surface area contributed by atoms with E-state index in [9.17, 15) is 0 Å². The highest BCUT2D eigenvalue weighted by Gasteiger charge is 2.09. The Hall–Kier alpha value is -1.57. The van der Waals surface area contributed by atoms with Crippen LogP contribution in [-0.2, 0) is 12.8 Å². The molecule has 1 aromatic heterocycles. The summed E-state index contributed by atoms with van der Waals surface area (Å²) in [6, 6.07) is 8.73. The van der Waals surface area contributed by atoms with Gasteiger partial charge in [0.1, 0.15) is 0 Å². The van der Waals surface area contributed by atoms with Gasteiger partial charge in [0.05, 0.1) is 11.4 Å². The predicted octanol–water partition coefficient (Wildman–Crippen LogP) is 3.61. The Kier molecular flexibility index (Phi) is 3.32. The molecule has 2 aromatic rings. The topological polar surface area (TPSA) is 17.8 Å². The third-order valence-electron chi connectivity index (χ3n) is 3.14. The molecule has 2 nitrogen and oxygen atoms in total. The number of benzene rings is 1. The molecule has 0 radical (unpaired) electrons. The zero-order chi connectivity index (χ0) is 12.4. The van der Waals surface area contributed by atoms with E-state index in [2.05, 4.69) is 61.7 Å². The predicted molar refractivity (Wildman–Crippen MR) is 71.8 cm³/mol. The van der Waals surface area contributed by atoms with Gasteiger partial charge in [-0.1, -0.05) is 31.5 Å². The maximum atomic E-state index is 4.68. The summed E-state index contributed by atoms with van der Waals surface area (Å²) < 4.78 is 2.09. The molecule has 0 aliphatic rings. The molecule has 1 heterocycles. The summed E-state index contributed by atoms with van der Waals surface area (Å²) in [5, 5.41) is 4.68. The van der Waals surface area contributed by atoms with Gasteiger partial charge in [0.15, 0.2) is 0 Å². The lowest BCUT2D eigenvalue weighted by Crippen LogP contribution is -2.03. The lowest BCUT2D eigenvalue weighted by atomic mass is 10.1. The van der Waals surface area contributed by atoms with Gasteiger partial charge in [-0.15, -0.1) is 0 Å². The Morgan fingerprint density at radius 3 is 2.41 bits per heavy atom. The average Bonchev–Trinajstić information content (AvgIpc) is 2.72. The van der Waals surface area contributed by atoms with Crippen molar-refractivity contribution in [3.05, 3.63) is 46.8 Å². The van der Waals surface area contributed by atoms with Crippen LogP contribution in [0.3, 0.4) is 0 Å². The van der Waals surface area contributed by atoms with Gasteiger partial charge in [-0.25, -0.2) is 4.68 Å². The highest BCUT2D eigenvalue weighted by molar-refractivity contribution is 5.43. The molecule has 0 aliphatic heterocycles. The number of nitrogens with zero attached hydrogens (tertiary/aromatic N) is 2. The zero-order valence-electron chi connectivity index (χ0n) is 11.1. The van der Waals surface area contributed by atoms with Crippen LogP contribution in [0.4, 0.5) is 0 Å². The molecule has 0 spiro atoms. The lowest BCUT2D eigenvalue weighted by molar-refractivity contribution is 0.789.